The van der Waals surface area contributed by atoms with Gasteiger partial charge in [-0.25, -0.2) is 13.6 Å². The van der Waals surface area contributed by atoms with Gasteiger partial charge in [0.15, 0.2) is 11.6 Å². The van der Waals surface area contributed by atoms with Crippen LogP contribution >= 0.6 is 0 Å². The molecule has 1 fully saturated rings. The van der Waals surface area contributed by atoms with Crippen molar-refractivity contribution in [3.8, 4) is 0 Å². The van der Waals surface area contributed by atoms with Gasteiger partial charge in [-0.05, 0) is 17.7 Å². The van der Waals surface area contributed by atoms with Gasteiger partial charge in [0.05, 0.1) is 7.11 Å². The number of carbonyl (C=O) groups excluding carboxylic acids is 1. The van der Waals surface area contributed by atoms with Gasteiger partial charge in [-0.15, -0.1) is 0 Å². The van der Waals surface area contributed by atoms with Gasteiger partial charge in [0, 0.05) is 32.7 Å². The van der Waals surface area contributed by atoms with E-state index in [0.29, 0.717) is 32.7 Å². The second kappa shape index (κ2) is 5.97. The lowest BCUT2D eigenvalue weighted by atomic mass is 10.2. The van der Waals surface area contributed by atoms with Crippen molar-refractivity contribution in [1.82, 2.24) is 9.80 Å². The van der Waals surface area contributed by atoms with E-state index in [4.69, 9.17) is 0 Å². The summed E-state index contributed by atoms with van der Waals surface area (Å²) in [5, 5.41) is 0. The molecule has 0 N–H and O–H groups in total. The number of ether oxygens (including phenoxy) is 1. The van der Waals surface area contributed by atoms with E-state index in [9.17, 15) is 13.6 Å². The van der Waals surface area contributed by atoms with Crippen molar-refractivity contribution in [2.45, 2.75) is 6.54 Å². The van der Waals surface area contributed by atoms with Crippen LogP contribution in [0.15, 0.2) is 18.2 Å². The molecular formula is C13H16F2N2O2. The summed E-state index contributed by atoms with van der Waals surface area (Å²) in [6.45, 7) is 3.08. The Balaban J connectivity index is 1.88. The molecule has 1 aromatic carbocycles. The molecule has 2 rings (SSSR count). The fourth-order valence-electron chi connectivity index (χ4n) is 2.11. The highest BCUT2D eigenvalue weighted by molar-refractivity contribution is 5.67. The van der Waals surface area contributed by atoms with Crippen LogP contribution in [-0.4, -0.2) is 49.2 Å². The van der Waals surface area contributed by atoms with Gasteiger partial charge in [0.25, 0.3) is 0 Å². The van der Waals surface area contributed by atoms with E-state index in [1.54, 1.807) is 11.0 Å². The van der Waals surface area contributed by atoms with Gasteiger partial charge in [0.1, 0.15) is 0 Å². The molecule has 1 aliphatic rings. The van der Waals surface area contributed by atoms with E-state index in [-0.39, 0.29) is 6.09 Å². The van der Waals surface area contributed by atoms with Crippen molar-refractivity contribution in [2.24, 2.45) is 0 Å². The first-order chi connectivity index (χ1) is 9.10. The summed E-state index contributed by atoms with van der Waals surface area (Å²) >= 11 is 0. The number of halogens is 2. The van der Waals surface area contributed by atoms with Crippen LogP contribution in [0.4, 0.5) is 13.6 Å². The third-order valence-corrected chi connectivity index (χ3v) is 3.20. The molecule has 1 heterocycles. The fourth-order valence-corrected chi connectivity index (χ4v) is 2.11. The largest absolute Gasteiger partial charge is 0.453 e. The molecule has 0 saturated carbocycles. The highest BCUT2D eigenvalue weighted by atomic mass is 19.2. The summed E-state index contributed by atoms with van der Waals surface area (Å²) < 4.78 is 30.5. The smallest absolute Gasteiger partial charge is 0.409 e. The van der Waals surface area contributed by atoms with E-state index in [0.717, 1.165) is 11.6 Å². The summed E-state index contributed by atoms with van der Waals surface area (Å²) in [6.07, 6.45) is -0.326. The zero-order valence-electron chi connectivity index (χ0n) is 10.7. The highest BCUT2D eigenvalue weighted by Gasteiger charge is 2.21. The number of nitrogens with zero attached hydrogens (tertiary/aromatic N) is 2. The van der Waals surface area contributed by atoms with Crippen molar-refractivity contribution in [3.63, 3.8) is 0 Å². The van der Waals surface area contributed by atoms with Gasteiger partial charge >= 0.3 is 6.09 Å². The Morgan fingerprint density at radius 3 is 2.47 bits per heavy atom. The first-order valence-electron chi connectivity index (χ1n) is 6.09. The molecule has 1 saturated heterocycles. The standard InChI is InChI=1S/C13H16F2N2O2/c1-19-13(18)17-6-4-16(5-7-17)9-10-2-3-11(14)12(15)8-10/h2-3,8H,4-7,9H2,1H3. The van der Waals surface area contributed by atoms with Crippen molar-refractivity contribution < 1.29 is 18.3 Å². The van der Waals surface area contributed by atoms with Gasteiger partial charge in [-0.1, -0.05) is 6.07 Å². The van der Waals surface area contributed by atoms with E-state index in [2.05, 4.69) is 9.64 Å². The molecule has 0 unspecified atom stereocenters. The van der Waals surface area contributed by atoms with Crippen LogP contribution in [-0.2, 0) is 11.3 Å². The summed E-state index contributed by atoms with van der Waals surface area (Å²) in [5.41, 5.74) is 0.727. The van der Waals surface area contributed by atoms with Crippen molar-refractivity contribution in [3.05, 3.63) is 35.4 Å². The van der Waals surface area contributed by atoms with Crippen LogP contribution in [0, 0.1) is 11.6 Å². The predicted octanol–water partition coefficient (Wildman–Crippen LogP) is 1.85. The number of hydrogen-bond acceptors (Lipinski definition) is 3. The van der Waals surface area contributed by atoms with Crippen molar-refractivity contribution >= 4 is 6.09 Å². The van der Waals surface area contributed by atoms with Crippen LogP contribution in [0.3, 0.4) is 0 Å². The molecule has 104 valence electrons. The van der Waals surface area contributed by atoms with E-state index in [1.165, 1.54) is 13.2 Å². The van der Waals surface area contributed by atoms with Crippen LogP contribution in [0.25, 0.3) is 0 Å². The molecule has 0 aromatic heterocycles. The molecule has 0 radical (unpaired) electrons. The Morgan fingerprint density at radius 1 is 1.21 bits per heavy atom. The summed E-state index contributed by atoms with van der Waals surface area (Å²) in [4.78, 5) is 15.0. The van der Waals surface area contributed by atoms with Crippen LogP contribution < -0.4 is 0 Å². The zero-order chi connectivity index (χ0) is 13.8. The normalized spacial score (nSPS) is 16.5. The molecule has 0 atom stereocenters. The van der Waals surface area contributed by atoms with Gasteiger partial charge < -0.3 is 9.64 Å². The summed E-state index contributed by atoms with van der Waals surface area (Å²) in [7, 11) is 1.36. The second-order valence-corrected chi connectivity index (χ2v) is 4.48. The minimum atomic E-state index is -0.834. The van der Waals surface area contributed by atoms with Crippen LogP contribution in [0.2, 0.25) is 0 Å². The molecule has 1 aliphatic heterocycles. The molecule has 1 amide bonds. The molecule has 19 heavy (non-hydrogen) atoms. The SMILES string of the molecule is COC(=O)N1CCN(Cc2ccc(F)c(F)c2)CC1. The average molecular weight is 270 g/mol. The minimum absolute atomic E-state index is 0.326. The average Bonchev–Trinajstić information content (AvgIpc) is 2.43. The number of hydrogen-bond donors (Lipinski definition) is 0. The van der Waals surface area contributed by atoms with Gasteiger partial charge in [0.2, 0.25) is 0 Å². The Bertz CT molecular complexity index is 460. The molecule has 6 heteroatoms. The predicted molar refractivity (Wildman–Crippen MR) is 65.6 cm³/mol. The van der Waals surface area contributed by atoms with Crippen LogP contribution in [0.5, 0.6) is 0 Å². The maximum absolute atomic E-state index is 13.1. The topological polar surface area (TPSA) is 32.8 Å². The Morgan fingerprint density at radius 2 is 1.89 bits per heavy atom. The first kappa shape index (κ1) is 13.7. The maximum atomic E-state index is 13.1. The number of carbonyl (C=O) groups is 1. The lowest BCUT2D eigenvalue weighted by molar-refractivity contribution is 0.0888. The van der Waals surface area contributed by atoms with Crippen molar-refractivity contribution in [2.75, 3.05) is 33.3 Å². The molecule has 0 aliphatic carbocycles. The highest BCUT2D eigenvalue weighted by Crippen LogP contribution is 2.12. The van der Waals surface area contributed by atoms with E-state index in [1.807, 2.05) is 0 Å². The molecule has 1 aromatic rings. The monoisotopic (exact) mass is 270 g/mol. The van der Waals surface area contributed by atoms with E-state index < -0.39 is 11.6 Å². The molecule has 0 spiro atoms. The lowest BCUT2D eigenvalue weighted by Gasteiger charge is -2.33. The number of amides is 1. The van der Waals surface area contributed by atoms with Crippen LogP contribution in [0.1, 0.15) is 5.56 Å². The Hall–Kier alpha value is -1.69. The number of piperazine rings is 1. The Kier molecular flexibility index (Phi) is 4.31. The fraction of sp³-hybridized carbons (Fsp3) is 0.462. The minimum Gasteiger partial charge on any atom is -0.453 e. The number of methoxy groups -OCH3 is 1. The summed E-state index contributed by atoms with van der Waals surface area (Å²) in [6, 6.07) is 3.92. The summed E-state index contributed by atoms with van der Waals surface area (Å²) in [5.74, 6) is -1.66. The maximum Gasteiger partial charge on any atom is 0.409 e. The third kappa shape index (κ3) is 3.41. The Labute approximate surface area is 110 Å². The van der Waals surface area contributed by atoms with Gasteiger partial charge in [-0.2, -0.15) is 0 Å². The second-order valence-electron chi connectivity index (χ2n) is 4.48. The van der Waals surface area contributed by atoms with Gasteiger partial charge in [-0.3, -0.25) is 4.90 Å². The lowest BCUT2D eigenvalue weighted by Crippen LogP contribution is -2.48. The molecule has 0 bridgehead atoms. The molecular weight excluding hydrogens is 254 g/mol. The number of benzene rings is 1. The zero-order valence-corrected chi connectivity index (χ0v) is 10.7. The number of rotatable bonds is 2. The first-order valence-corrected chi connectivity index (χ1v) is 6.09. The quantitative estimate of drug-likeness (QED) is 0.822. The van der Waals surface area contributed by atoms with E-state index >= 15 is 0 Å². The third-order valence-electron chi connectivity index (χ3n) is 3.20. The molecule has 4 nitrogen and oxygen atoms in total. The van der Waals surface area contributed by atoms with Crippen molar-refractivity contribution in [1.29, 1.82) is 0 Å².